The van der Waals surface area contributed by atoms with Crippen LogP contribution in [0, 0.1) is 11.6 Å². The molecule has 33 heavy (non-hydrogen) atoms. The van der Waals surface area contributed by atoms with Gasteiger partial charge < -0.3 is 19.3 Å². The Labute approximate surface area is 192 Å². The van der Waals surface area contributed by atoms with Gasteiger partial charge in [-0.05, 0) is 18.2 Å². The van der Waals surface area contributed by atoms with Gasteiger partial charge in [-0.3, -0.25) is 19.4 Å². The molecule has 0 bridgehead atoms. The molecule has 0 radical (unpaired) electrons. The van der Waals surface area contributed by atoms with Crippen molar-refractivity contribution in [3.05, 3.63) is 53.9 Å². The van der Waals surface area contributed by atoms with Gasteiger partial charge >= 0.3 is 17.9 Å². The molecule has 3 rings (SSSR count). The second-order valence-electron chi connectivity index (χ2n) is 7.35. The van der Waals surface area contributed by atoms with Crippen LogP contribution in [0.3, 0.4) is 0 Å². The van der Waals surface area contributed by atoms with Crippen LogP contribution in [0.2, 0.25) is 0 Å². The number of benzene rings is 1. The Kier molecular flexibility index (Phi) is 7.33. The summed E-state index contributed by atoms with van der Waals surface area (Å²) >= 11 is 0.876. The number of rotatable bonds is 5. The number of nitrogens with zero attached hydrogens (tertiary/aromatic N) is 1. The molecule has 0 amide bonds. The third-order valence-electron chi connectivity index (χ3n) is 4.82. The summed E-state index contributed by atoms with van der Waals surface area (Å²) in [6, 6.07) is 4.43. The summed E-state index contributed by atoms with van der Waals surface area (Å²) in [4.78, 5) is 37.2. The van der Waals surface area contributed by atoms with E-state index in [0.717, 1.165) is 31.7 Å². The van der Waals surface area contributed by atoms with Crippen LogP contribution in [0.25, 0.3) is 11.1 Å². The second-order valence-corrected chi connectivity index (χ2v) is 8.59. The Hall–Kier alpha value is -3.05. The number of esters is 3. The van der Waals surface area contributed by atoms with E-state index in [-0.39, 0.29) is 22.4 Å². The Morgan fingerprint density at radius 1 is 1.03 bits per heavy atom. The number of aliphatic hydroxyl groups is 1. The predicted octanol–water partition coefficient (Wildman–Crippen LogP) is 2.71. The van der Waals surface area contributed by atoms with E-state index in [1.54, 1.807) is 0 Å². The third-order valence-corrected chi connectivity index (χ3v) is 6.23. The molecule has 2 aromatic rings. The quantitative estimate of drug-likeness (QED) is 0.509. The summed E-state index contributed by atoms with van der Waals surface area (Å²) in [5.41, 5.74) is 0.374. The minimum absolute atomic E-state index is 0.0130. The summed E-state index contributed by atoms with van der Waals surface area (Å²) < 4.78 is 43.5. The molecule has 1 fully saturated rings. The van der Waals surface area contributed by atoms with E-state index in [2.05, 4.69) is 4.98 Å². The van der Waals surface area contributed by atoms with Crippen molar-refractivity contribution in [2.24, 2.45) is 0 Å². The molecule has 0 saturated carbocycles. The molecular formula is C22H21F2NO7S. The van der Waals surface area contributed by atoms with E-state index in [4.69, 9.17) is 14.2 Å². The first-order valence-corrected chi connectivity index (χ1v) is 10.8. The van der Waals surface area contributed by atoms with Crippen LogP contribution < -0.4 is 0 Å². The van der Waals surface area contributed by atoms with Crippen LogP contribution in [-0.2, 0) is 33.5 Å². The minimum Gasteiger partial charge on any atom is -0.458 e. The first-order chi connectivity index (χ1) is 15.5. The summed E-state index contributed by atoms with van der Waals surface area (Å²) in [6.45, 7) is 3.39. The van der Waals surface area contributed by atoms with E-state index in [9.17, 15) is 28.3 Å². The largest absolute Gasteiger partial charge is 0.458 e. The van der Waals surface area contributed by atoms with Gasteiger partial charge in [0.05, 0.1) is 0 Å². The third kappa shape index (κ3) is 5.48. The van der Waals surface area contributed by atoms with Crippen molar-refractivity contribution in [3.8, 4) is 11.1 Å². The molecule has 4 atom stereocenters. The number of carbonyl (C=O) groups excluding carboxylic acids is 3. The van der Waals surface area contributed by atoms with Crippen molar-refractivity contribution in [1.29, 1.82) is 0 Å². The molecule has 1 aliphatic heterocycles. The number of thioether (sulfide) groups is 1. The van der Waals surface area contributed by atoms with E-state index >= 15 is 0 Å². The Bertz CT molecular complexity index is 1080. The molecule has 176 valence electrons. The monoisotopic (exact) mass is 481 g/mol. The maximum Gasteiger partial charge on any atom is 0.303 e. The van der Waals surface area contributed by atoms with Crippen molar-refractivity contribution in [1.82, 2.24) is 4.98 Å². The van der Waals surface area contributed by atoms with E-state index < -0.39 is 52.8 Å². The molecule has 0 aliphatic carbocycles. The zero-order valence-corrected chi connectivity index (χ0v) is 18.7. The maximum atomic E-state index is 14.3. The Morgan fingerprint density at radius 2 is 1.70 bits per heavy atom. The van der Waals surface area contributed by atoms with Crippen LogP contribution in [0.15, 0.2) is 36.7 Å². The standard InChI is InChI=1S/C22H21F2NO7S/c1-11(26)30-19-10-33-22(29,21(32-13(3)28)20(19)31-12(2)27)15-6-14(8-25-9-15)17-5-4-16(23)7-18(17)24/h4-9,19-21,29H,10H2,1-3H3/t19-,20+,21-,22-/m1/s1. The molecule has 8 nitrogen and oxygen atoms in total. The van der Waals surface area contributed by atoms with Crippen molar-refractivity contribution in [2.75, 3.05) is 5.75 Å². The topological polar surface area (TPSA) is 112 Å². The zero-order valence-electron chi connectivity index (χ0n) is 17.9. The molecule has 2 heterocycles. The normalized spacial score (nSPS) is 24.6. The molecule has 1 N–H and O–H groups in total. The van der Waals surface area contributed by atoms with E-state index in [1.165, 1.54) is 31.5 Å². The lowest BCUT2D eigenvalue weighted by Crippen LogP contribution is -2.58. The fourth-order valence-electron chi connectivity index (χ4n) is 3.53. The molecule has 0 unspecified atom stereocenters. The number of pyridine rings is 1. The number of carbonyl (C=O) groups is 3. The smallest absolute Gasteiger partial charge is 0.303 e. The Morgan fingerprint density at radius 3 is 2.30 bits per heavy atom. The predicted molar refractivity (Wildman–Crippen MR) is 113 cm³/mol. The van der Waals surface area contributed by atoms with E-state index in [0.29, 0.717) is 6.07 Å². The van der Waals surface area contributed by atoms with Crippen LogP contribution in [-0.4, -0.2) is 52.1 Å². The molecule has 1 aromatic heterocycles. The highest BCUT2D eigenvalue weighted by Crippen LogP contribution is 2.46. The van der Waals surface area contributed by atoms with Gasteiger partial charge in [0.2, 0.25) is 0 Å². The van der Waals surface area contributed by atoms with Crippen molar-refractivity contribution >= 4 is 29.7 Å². The maximum absolute atomic E-state index is 14.3. The van der Waals surface area contributed by atoms with Gasteiger partial charge in [0.25, 0.3) is 0 Å². The second kappa shape index (κ2) is 9.84. The zero-order chi connectivity index (χ0) is 24.3. The molecule has 1 aromatic carbocycles. The van der Waals surface area contributed by atoms with Gasteiger partial charge in [-0.15, -0.1) is 11.8 Å². The Balaban J connectivity index is 2.08. The SMILES string of the molecule is CC(=O)O[C@@H]1[C@@H](OC(C)=O)[C@@](O)(c2cncc(-c3ccc(F)cc3F)c2)SC[C@H]1OC(C)=O. The lowest BCUT2D eigenvalue weighted by Gasteiger charge is -2.45. The summed E-state index contributed by atoms with van der Waals surface area (Å²) in [7, 11) is 0. The van der Waals surface area contributed by atoms with Crippen LogP contribution in [0.5, 0.6) is 0 Å². The summed E-state index contributed by atoms with van der Waals surface area (Å²) in [5, 5.41) is 11.6. The van der Waals surface area contributed by atoms with E-state index in [1.807, 2.05) is 0 Å². The lowest BCUT2D eigenvalue weighted by molar-refractivity contribution is -0.197. The van der Waals surface area contributed by atoms with Gasteiger partial charge in [-0.25, -0.2) is 8.78 Å². The molecule has 1 saturated heterocycles. The number of ether oxygens (including phenoxy) is 3. The first-order valence-electron chi connectivity index (χ1n) is 9.80. The van der Waals surface area contributed by atoms with Gasteiger partial charge in [0.15, 0.2) is 23.2 Å². The van der Waals surface area contributed by atoms with Gasteiger partial charge in [-0.1, -0.05) is 0 Å². The van der Waals surface area contributed by atoms with Crippen LogP contribution in [0.1, 0.15) is 26.3 Å². The molecule has 11 heteroatoms. The first kappa shape index (κ1) is 24.6. The highest BCUT2D eigenvalue weighted by Gasteiger charge is 2.55. The summed E-state index contributed by atoms with van der Waals surface area (Å²) in [6.07, 6.45) is -1.22. The van der Waals surface area contributed by atoms with Gasteiger partial charge in [0, 0.05) is 61.7 Å². The number of hydrogen-bond acceptors (Lipinski definition) is 9. The van der Waals surface area contributed by atoms with Crippen LogP contribution in [0.4, 0.5) is 8.78 Å². The molecule has 1 aliphatic rings. The van der Waals surface area contributed by atoms with Gasteiger partial charge in [-0.2, -0.15) is 0 Å². The number of halogens is 2. The minimum atomic E-state index is -2.00. The molecular weight excluding hydrogens is 460 g/mol. The summed E-state index contributed by atoms with van der Waals surface area (Å²) in [5.74, 6) is -3.78. The average Bonchev–Trinajstić information content (AvgIpc) is 2.72. The number of aromatic nitrogens is 1. The highest BCUT2D eigenvalue weighted by molar-refractivity contribution is 8.00. The van der Waals surface area contributed by atoms with Crippen molar-refractivity contribution < 1.29 is 42.5 Å². The van der Waals surface area contributed by atoms with Gasteiger partial charge in [0.1, 0.15) is 11.6 Å². The fraction of sp³-hybridized carbons (Fsp3) is 0.364. The highest BCUT2D eigenvalue weighted by atomic mass is 32.2. The lowest BCUT2D eigenvalue weighted by atomic mass is 9.94. The molecule has 0 spiro atoms. The fourth-order valence-corrected chi connectivity index (χ4v) is 4.83. The van der Waals surface area contributed by atoms with Crippen molar-refractivity contribution in [2.45, 2.75) is 44.0 Å². The average molecular weight is 481 g/mol. The van der Waals surface area contributed by atoms with Crippen molar-refractivity contribution in [3.63, 3.8) is 0 Å². The number of hydrogen-bond donors (Lipinski definition) is 1. The van der Waals surface area contributed by atoms with Crippen LogP contribution >= 0.6 is 11.8 Å².